The molecule has 0 aliphatic rings. The number of ether oxygens (including phenoxy) is 5. The molecule has 0 aliphatic carbocycles. The van der Waals surface area contributed by atoms with E-state index in [0.29, 0.717) is 28.4 Å². The van der Waals surface area contributed by atoms with Crippen molar-refractivity contribution in [1.29, 1.82) is 0 Å². The third kappa shape index (κ3) is 9.86. The smallest absolute Gasteiger partial charge is 0.314 e. The lowest BCUT2D eigenvalue weighted by Gasteiger charge is -2.31. The van der Waals surface area contributed by atoms with Gasteiger partial charge in [0.25, 0.3) is 0 Å². The Morgan fingerprint density at radius 2 is 1.11 bits per heavy atom. The lowest BCUT2D eigenvalue weighted by molar-refractivity contribution is -0.160. The minimum absolute atomic E-state index is 0.225. The summed E-state index contributed by atoms with van der Waals surface area (Å²) in [5.41, 5.74) is 0.897. The second-order valence-electron chi connectivity index (χ2n) is 14.9. The molecule has 2 aromatic carbocycles. The highest BCUT2D eigenvalue weighted by Gasteiger charge is 2.31. The van der Waals surface area contributed by atoms with Gasteiger partial charge in [0.15, 0.2) is 5.78 Å². The number of benzene rings is 2. The Morgan fingerprint density at radius 3 is 1.55 bits per heavy atom. The second-order valence-corrected chi connectivity index (χ2v) is 14.9. The van der Waals surface area contributed by atoms with Crippen LogP contribution in [-0.2, 0) is 29.9 Å². The molecule has 44 heavy (non-hydrogen) atoms. The van der Waals surface area contributed by atoms with E-state index in [4.69, 9.17) is 23.7 Å². The Bertz CT molecular complexity index is 1360. The van der Waals surface area contributed by atoms with E-state index in [1.165, 1.54) is 6.08 Å². The highest BCUT2D eigenvalue weighted by molar-refractivity contribution is 6.07. The molecule has 0 spiro atoms. The predicted octanol–water partition coefficient (Wildman–Crippen LogP) is 8.04. The van der Waals surface area contributed by atoms with Crippen LogP contribution in [0.15, 0.2) is 36.4 Å². The highest BCUT2D eigenvalue weighted by atomic mass is 16.7. The van der Waals surface area contributed by atoms with Gasteiger partial charge in [-0.15, -0.1) is 0 Å². The first kappa shape index (κ1) is 36.4. The Hall–Kier alpha value is -3.81. The molecule has 8 heteroatoms. The van der Waals surface area contributed by atoms with Gasteiger partial charge in [0.05, 0.1) is 23.5 Å². The van der Waals surface area contributed by atoms with Gasteiger partial charge in [0.1, 0.15) is 17.2 Å². The summed E-state index contributed by atoms with van der Waals surface area (Å²) in [5.74, 6) is 0.497. The zero-order chi connectivity index (χ0) is 33.7. The molecule has 0 saturated carbocycles. The van der Waals surface area contributed by atoms with Crippen molar-refractivity contribution in [2.45, 2.75) is 93.9 Å². The van der Waals surface area contributed by atoms with E-state index >= 15 is 0 Å². The first-order valence-electron chi connectivity index (χ1n) is 14.8. The van der Waals surface area contributed by atoms with E-state index in [1.807, 2.05) is 0 Å². The van der Waals surface area contributed by atoms with Crippen LogP contribution in [0, 0.1) is 10.8 Å². The molecular weight excluding hydrogens is 560 g/mol. The van der Waals surface area contributed by atoms with Crippen molar-refractivity contribution in [2.24, 2.45) is 10.8 Å². The maximum Gasteiger partial charge on any atom is 0.314 e. The first-order valence-corrected chi connectivity index (χ1v) is 14.8. The van der Waals surface area contributed by atoms with E-state index in [-0.39, 0.29) is 42.1 Å². The van der Waals surface area contributed by atoms with Crippen LogP contribution in [0.25, 0.3) is 6.08 Å². The van der Waals surface area contributed by atoms with Crippen molar-refractivity contribution in [3.05, 3.63) is 58.7 Å². The fraction of sp³-hybridized carbons (Fsp3) is 0.528. The van der Waals surface area contributed by atoms with Gasteiger partial charge in [-0.05, 0) is 94.9 Å². The van der Waals surface area contributed by atoms with Gasteiger partial charge < -0.3 is 23.7 Å². The fourth-order valence-corrected chi connectivity index (χ4v) is 4.01. The zero-order valence-corrected chi connectivity index (χ0v) is 28.7. The molecule has 0 radical (unpaired) electrons. The second kappa shape index (κ2) is 13.9. The van der Waals surface area contributed by atoms with Crippen LogP contribution in [0.4, 0.5) is 0 Å². The van der Waals surface area contributed by atoms with Crippen LogP contribution in [0.2, 0.25) is 0 Å². The standard InChI is InChI=1S/C36H50O8/c1-33(2,3)26-20-27(34(4,5)6)30(42-22-44-32(39)36(10,11)12)25(29(26)40-13)18-19-28(37)23-14-16-24(17-15-23)41-21-43-31(38)35(7,8)9/h14-20H,21-22H2,1-13H3/b19-18+. The summed E-state index contributed by atoms with van der Waals surface area (Å²) in [4.78, 5) is 37.7. The van der Waals surface area contributed by atoms with Crippen LogP contribution in [0.5, 0.6) is 17.2 Å². The summed E-state index contributed by atoms with van der Waals surface area (Å²) >= 11 is 0. The average Bonchev–Trinajstić information content (AvgIpc) is 2.89. The maximum atomic E-state index is 13.3. The van der Waals surface area contributed by atoms with Crippen LogP contribution in [-0.4, -0.2) is 38.4 Å². The molecule has 2 aromatic rings. The number of hydrogen-bond acceptors (Lipinski definition) is 8. The molecule has 0 atom stereocenters. The molecule has 0 saturated heterocycles. The molecule has 0 heterocycles. The number of rotatable bonds is 10. The molecule has 242 valence electrons. The molecule has 2 rings (SSSR count). The fourth-order valence-electron chi connectivity index (χ4n) is 4.01. The predicted molar refractivity (Wildman–Crippen MR) is 172 cm³/mol. The number of carbonyl (C=O) groups excluding carboxylic acids is 3. The quantitative estimate of drug-likeness (QED) is 0.115. The first-order chi connectivity index (χ1) is 20.1. The highest BCUT2D eigenvalue weighted by Crippen LogP contribution is 2.46. The summed E-state index contributed by atoms with van der Waals surface area (Å²) in [6, 6.07) is 8.63. The summed E-state index contributed by atoms with van der Waals surface area (Å²) in [5, 5.41) is 0. The average molecular weight is 611 g/mol. The normalized spacial score (nSPS) is 12.6. The Kier molecular flexibility index (Phi) is 11.5. The third-order valence-corrected chi connectivity index (χ3v) is 6.66. The number of ketones is 1. The van der Waals surface area contributed by atoms with E-state index in [9.17, 15) is 14.4 Å². The van der Waals surface area contributed by atoms with Crippen LogP contribution < -0.4 is 14.2 Å². The van der Waals surface area contributed by atoms with Gasteiger partial charge in [0, 0.05) is 16.7 Å². The number of esters is 2. The van der Waals surface area contributed by atoms with Crippen molar-refractivity contribution >= 4 is 23.8 Å². The van der Waals surface area contributed by atoms with Crippen LogP contribution in [0.3, 0.4) is 0 Å². The Balaban J connectivity index is 2.46. The zero-order valence-electron chi connectivity index (χ0n) is 28.7. The molecule has 0 fully saturated rings. The number of hydrogen-bond donors (Lipinski definition) is 0. The van der Waals surface area contributed by atoms with Gasteiger partial charge >= 0.3 is 11.9 Å². The van der Waals surface area contributed by atoms with E-state index in [2.05, 4.69) is 47.6 Å². The van der Waals surface area contributed by atoms with Gasteiger partial charge in [-0.3, -0.25) is 14.4 Å². The molecule has 0 amide bonds. The summed E-state index contributed by atoms with van der Waals surface area (Å²) in [6.45, 7) is 22.6. The molecule has 0 unspecified atom stereocenters. The summed E-state index contributed by atoms with van der Waals surface area (Å²) in [6.07, 6.45) is 3.15. The monoisotopic (exact) mass is 610 g/mol. The number of allylic oxidation sites excluding steroid dienone is 1. The minimum Gasteiger partial charge on any atom is -0.496 e. The summed E-state index contributed by atoms with van der Waals surface area (Å²) < 4.78 is 28.2. The third-order valence-electron chi connectivity index (χ3n) is 6.66. The van der Waals surface area contributed by atoms with Crippen molar-refractivity contribution in [3.63, 3.8) is 0 Å². The van der Waals surface area contributed by atoms with Gasteiger partial charge in [-0.2, -0.15) is 0 Å². The largest absolute Gasteiger partial charge is 0.496 e. The van der Waals surface area contributed by atoms with Crippen molar-refractivity contribution < 1.29 is 38.1 Å². The molecule has 0 aliphatic heterocycles. The molecular formula is C36H50O8. The Morgan fingerprint density at radius 1 is 0.659 bits per heavy atom. The van der Waals surface area contributed by atoms with Crippen molar-refractivity contribution in [2.75, 3.05) is 20.7 Å². The van der Waals surface area contributed by atoms with Crippen LogP contribution >= 0.6 is 0 Å². The number of methoxy groups -OCH3 is 1. The molecule has 0 bridgehead atoms. The Labute approximate surface area is 263 Å². The number of carbonyl (C=O) groups is 3. The van der Waals surface area contributed by atoms with Crippen molar-refractivity contribution in [1.82, 2.24) is 0 Å². The molecule has 8 nitrogen and oxygen atoms in total. The molecule has 0 N–H and O–H groups in total. The van der Waals surface area contributed by atoms with E-state index < -0.39 is 10.8 Å². The lowest BCUT2D eigenvalue weighted by atomic mass is 9.78. The maximum absolute atomic E-state index is 13.3. The summed E-state index contributed by atoms with van der Waals surface area (Å²) in [7, 11) is 1.58. The topological polar surface area (TPSA) is 97.4 Å². The van der Waals surface area contributed by atoms with E-state index in [1.54, 1.807) is 79.0 Å². The van der Waals surface area contributed by atoms with E-state index in [0.717, 1.165) is 11.1 Å². The minimum atomic E-state index is -0.684. The lowest BCUT2D eigenvalue weighted by Crippen LogP contribution is -2.25. The van der Waals surface area contributed by atoms with Gasteiger partial charge in [-0.1, -0.05) is 41.5 Å². The van der Waals surface area contributed by atoms with Gasteiger partial charge in [-0.25, -0.2) is 0 Å². The van der Waals surface area contributed by atoms with Crippen LogP contribution in [0.1, 0.15) is 110 Å². The van der Waals surface area contributed by atoms with Crippen molar-refractivity contribution in [3.8, 4) is 17.2 Å². The SMILES string of the molecule is COc1c(C(C)(C)C)cc(C(C)(C)C)c(OCOC(=O)C(C)(C)C)c1/C=C/C(=O)c1ccc(OCOC(=O)C(C)(C)C)cc1. The van der Waals surface area contributed by atoms with Gasteiger partial charge in [0.2, 0.25) is 13.6 Å². The molecule has 0 aromatic heterocycles.